The van der Waals surface area contributed by atoms with Crippen LogP contribution in [0, 0.1) is 0 Å². The van der Waals surface area contributed by atoms with Crippen LogP contribution in [0.15, 0.2) is 47.3 Å². The van der Waals surface area contributed by atoms with Gasteiger partial charge in [0.25, 0.3) is 5.56 Å². The van der Waals surface area contributed by atoms with Gasteiger partial charge in [0.15, 0.2) is 0 Å². The molecule has 27 heavy (non-hydrogen) atoms. The van der Waals surface area contributed by atoms with Crippen molar-refractivity contribution < 1.29 is 9.53 Å². The number of methoxy groups -OCH3 is 1. The number of rotatable bonds is 4. The van der Waals surface area contributed by atoms with E-state index in [0.717, 1.165) is 17.7 Å². The van der Waals surface area contributed by atoms with Gasteiger partial charge >= 0.3 is 5.97 Å². The van der Waals surface area contributed by atoms with Crippen molar-refractivity contribution in [3.8, 4) is 0 Å². The van der Waals surface area contributed by atoms with E-state index in [0.29, 0.717) is 26.6 Å². The highest BCUT2D eigenvalue weighted by atomic mass is 32.1. The number of hydrogen-bond acceptors (Lipinski definition) is 7. The number of carbonyl (C=O) groups is 1. The normalized spacial score (nSPS) is 11.0. The smallest absolute Gasteiger partial charge is 0.337 e. The van der Waals surface area contributed by atoms with Crippen LogP contribution in [0.3, 0.4) is 0 Å². The third kappa shape index (κ3) is 3.04. The number of benzene rings is 2. The summed E-state index contributed by atoms with van der Waals surface area (Å²) in [6, 6.07) is 12.6. The molecule has 136 valence electrons. The lowest BCUT2D eigenvalue weighted by atomic mass is 10.1. The Kier molecular flexibility index (Phi) is 4.33. The molecule has 0 saturated carbocycles. The highest BCUT2D eigenvalue weighted by Crippen LogP contribution is 2.25. The molecule has 0 amide bonds. The van der Waals surface area contributed by atoms with Crippen molar-refractivity contribution in [1.29, 1.82) is 0 Å². The molecule has 1 N–H and O–H groups in total. The molecule has 2 aromatic heterocycles. The second-order valence-corrected chi connectivity index (χ2v) is 6.83. The van der Waals surface area contributed by atoms with Crippen molar-refractivity contribution in [3.63, 3.8) is 0 Å². The summed E-state index contributed by atoms with van der Waals surface area (Å²) in [5.41, 5.74) is 2.61. The first-order valence-corrected chi connectivity index (χ1v) is 9.19. The van der Waals surface area contributed by atoms with Crippen LogP contribution in [0.2, 0.25) is 0 Å². The lowest BCUT2D eigenvalue weighted by Crippen LogP contribution is -2.15. The monoisotopic (exact) mass is 380 g/mol. The minimum absolute atomic E-state index is 0.278. The number of aromatic nitrogens is 3. The summed E-state index contributed by atoms with van der Waals surface area (Å²) in [6.07, 6.45) is 0.881. The van der Waals surface area contributed by atoms with Gasteiger partial charge in [-0.05, 0) is 36.2 Å². The van der Waals surface area contributed by atoms with Crippen LogP contribution >= 0.6 is 11.3 Å². The number of nitrogens with zero attached hydrogens (tertiary/aromatic N) is 3. The molecule has 0 spiro atoms. The minimum atomic E-state index is -0.471. The first kappa shape index (κ1) is 17.2. The number of nitrogens with one attached hydrogen (secondary N) is 1. The summed E-state index contributed by atoms with van der Waals surface area (Å²) in [5.74, 6) is -0.471. The molecule has 0 saturated heterocycles. The molecule has 4 aromatic rings. The number of para-hydroxylation sites is 1. The Balaban J connectivity index is 1.82. The first-order valence-electron chi connectivity index (χ1n) is 8.37. The zero-order valence-electron chi connectivity index (χ0n) is 14.7. The zero-order chi connectivity index (χ0) is 19.0. The van der Waals surface area contributed by atoms with Crippen molar-refractivity contribution in [1.82, 2.24) is 14.6 Å². The van der Waals surface area contributed by atoms with E-state index in [1.807, 2.05) is 24.3 Å². The fourth-order valence-corrected chi connectivity index (χ4v) is 3.68. The topological polar surface area (TPSA) is 85.6 Å². The van der Waals surface area contributed by atoms with Crippen LogP contribution in [-0.2, 0) is 11.2 Å². The Labute approximate surface area is 158 Å². The maximum atomic E-state index is 12.8. The summed E-state index contributed by atoms with van der Waals surface area (Å²) in [6.45, 7) is 2.08. The average Bonchev–Trinajstić information content (AvgIpc) is 3.10. The minimum Gasteiger partial charge on any atom is -0.465 e. The Morgan fingerprint density at radius 3 is 2.85 bits per heavy atom. The van der Waals surface area contributed by atoms with Gasteiger partial charge in [0.2, 0.25) is 10.1 Å². The van der Waals surface area contributed by atoms with Gasteiger partial charge in [-0.25, -0.2) is 9.78 Å². The molecule has 0 aliphatic heterocycles. The maximum Gasteiger partial charge on any atom is 0.337 e. The summed E-state index contributed by atoms with van der Waals surface area (Å²) < 4.78 is 6.00. The van der Waals surface area contributed by atoms with Crippen molar-refractivity contribution in [2.75, 3.05) is 12.4 Å². The van der Waals surface area contributed by atoms with Gasteiger partial charge in [0, 0.05) is 5.69 Å². The molecule has 0 atom stereocenters. The molecule has 0 aliphatic carbocycles. The van der Waals surface area contributed by atoms with Crippen LogP contribution < -0.4 is 10.9 Å². The summed E-state index contributed by atoms with van der Waals surface area (Å²) in [4.78, 5) is 29.4. The van der Waals surface area contributed by atoms with E-state index in [4.69, 9.17) is 4.74 Å². The average molecular weight is 380 g/mol. The Morgan fingerprint density at radius 2 is 2.07 bits per heavy atom. The largest absolute Gasteiger partial charge is 0.465 e. The third-order valence-electron chi connectivity index (χ3n) is 4.26. The lowest BCUT2D eigenvalue weighted by molar-refractivity contribution is 0.0601. The van der Waals surface area contributed by atoms with E-state index in [-0.39, 0.29) is 5.56 Å². The van der Waals surface area contributed by atoms with Crippen molar-refractivity contribution in [2.45, 2.75) is 13.3 Å². The van der Waals surface area contributed by atoms with E-state index < -0.39 is 5.97 Å². The predicted molar refractivity (Wildman–Crippen MR) is 105 cm³/mol. The number of aryl methyl sites for hydroxylation is 1. The Bertz CT molecular complexity index is 1230. The Hall–Kier alpha value is -3.26. The highest BCUT2D eigenvalue weighted by Gasteiger charge is 2.14. The van der Waals surface area contributed by atoms with Crippen molar-refractivity contribution in [2.24, 2.45) is 0 Å². The van der Waals surface area contributed by atoms with Gasteiger partial charge in [-0.15, -0.1) is 5.10 Å². The van der Waals surface area contributed by atoms with Gasteiger partial charge < -0.3 is 10.1 Å². The van der Waals surface area contributed by atoms with Crippen LogP contribution in [0.4, 0.5) is 10.8 Å². The van der Waals surface area contributed by atoms with E-state index >= 15 is 0 Å². The van der Waals surface area contributed by atoms with E-state index in [9.17, 15) is 9.59 Å². The van der Waals surface area contributed by atoms with Crippen LogP contribution in [0.25, 0.3) is 15.9 Å². The maximum absolute atomic E-state index is 12.8. The second kappa shape index (κ2) is 6.81. The molecule has 2 aromatic carbocycles. The van der Waals surface area contributed by atoms with Crippen LogP contribution in [0.1, 0.15) is 22.8 Å². The molecule has 0 radical (unpaired) electrons. The number of hydrogen-bond donors (Lipinski definition) is 1. The molecule has 0 aliphatic rings. The highest BCUT2D eigenvalue weighted by molar-refractivity contribution is 7.20. The predicted octanol–water partition coefficient (Wildman–Crippen LogP) is 3.40. The quantitative estimate of drug-likeness (QED) is 0.546. The lowest BCUT2D eigenvalue weighted by Gasteiger charge is -2.06. The summed E-state index contributed by atoms with van der Waals surface area (Å²) >= 11 is 1.27. The molecule has 4 rings (SSSR count). The standard InChI is InChI=1S/C19H16N4O3S/c1-3-11-6-4-5-7-14(11)20-18-22-23-16(24)13-9-8-12(17(25)26-2)10-15(13)21-19(23)27-18/h4-10H,3H2,1-2H3,(H,20,22). The molecule has 0 unspecified atom stereocenters. The van der Waals surface area contributed by atoms with Crippen LogP contribution in [0.5, 0.6) is 0 Å². The fraction of sp³-hybridized carbons (Fsp3) is 0.158. The fourth-order valence-electron chi connectivity index (χ4n) is 2.87. The SMILES string of the molecule is CCc1ccccc1Nc1nn2c(=O)c3ccc(C(=O)OC)cc3nc2s1. The zero-order valence-corrected chi connectivity index (χ0v) is 15.5. The van der Waals surface area contributed by atoms with Crippen molar-refractivity contribution in [3.05, 3.63) is 63.9 Å². The van der Waals surface area contributed by atoms with Gasteiger partial charge in [0.1, 0.15) is 0 Å². The molecule has 8 heteroatoms. The summed E-state index contributed by atoms with van der Waals surface area (Å²) in [5, 5.41) is 8.60. The molecule has 7 nitrogen and oxygen atoms in total. The number of ether oxygens (including phenoxy) is 1. The number of carbonyl (C=O) groups excluding carboxylic acids is 1. The number of anilines is 2. The molecular formula is C19H16N4O3S. The van der Waals surface area contributed by atoms with E-state index in [1.54, 1.807) is 18.2 Å². The third-order valence-corrected chi connectivity index (χ3v) is 5.08. The second-order valence-electron chi connectivity index (χ2n) is 5.88. The van der Waals surface area contributed by atoms with Gasteiger partial charge in [-0.2, -0.15) is 4.52 Å². The Morgan fingerprint density at radius 1 is 1.26 bits per heavy atom. The number of fused-ring (bicyclic) bond motifs is 2. The molecule has 0 bridgehead atoms. The summed E-state index contributed by atoms with van der Waals surface area (Å²) in [7, 11) is 1.31. The van der Waals surface area contributed by atoms with Gasteiger partial charge in [-0.1, -0.05) is 36.5 Å². The van der Waals surface area contributed by atoms with Gasteiger partial charge in [-0.3, -0.25) is 4.79 Å². The first-order chi connectivity index (χ1) is 13.1. The number of esters is 1. The molecule has 2 heterocycles. The van der Waals surface area contributed by atoms with Gasteiger partial charge in [0.05, 0.1) is 23.6 Å². The van der Waals surface area contributed by atoms with E-state index in [2.05, 4.69) is 22.3 Å². The molecule has 0 fully saturated rings. The molecular weight excluding hydrogens is 364 g/mol. The van der Waals surface area contributed by atoms with Crippen molar-refractivity contribution >= 4 is 44.0 Å². The van der Waals surface area contributed by atoms with Crippen LogP contribution in [-0.4, -0.2) is 27.7 Å². The van der Waals surface area contributed by atoms with E-state index in [1.165, 1.54) is 23.0 Å².